The van der Waals surface area contributed by atoms with Crippen LogP contribution in [0, 0.1) is 0 Å². The van der Waals surface area contributed by atoms with Crippen molar-refractivity contribution in [2.45, 2.75) is 19.3 Å². The number of anilines is 3. The number of benzene rings is 9. The van der Waals surface area contributed by atoms with Crippen molar-refractivity contribution in [2.24, 2.45) is 0 Å². The Morgan fingerprint density at radius 3 is 1.57 bits per heavy atom. The molecule has 0 amide bonds. The van der Waals surface area contributed by atoms with Crippen molar-refractivity contribution >= 4 is 86.9 Å². The lowest BCUT2D eigenvalue weighted by Crippen LogP contribution is -2.17. The summed E-state index contributed by atoms with van der Waals surface area (Å²) in [5, 5.41) is 13.2. The minimum atomic E-state index is -0.102. The normalized spacial score (nSPS) is 13.6. The molecule has 1 aliphatic rings. The Morgan fingerprint density at radius 2 is 0.894 bits per heavy atom. The first-order valence-corrected chi connectivity index (χ1v) is 17.1. The van der Waals surface area contributed by atoms with Crippen LogP contribution in [-0.4, -0.2) is 0 Å². The summed E-state index contributed by atoms with van der Waals surface area (Å²) in [5.74, 6) is 0. The summed E-state index contributed by atoms with van der Waals surface area (Å²) in [6.45, 7) is 4.76. The second kappa shape index (κ2) is 9.67. The predicted octanol–water partition coefficient (Wildman–Crippen LogP) is 13.4. The number of halogens is 1. The molecule has 222 valence electrons. The van der Waals surface area contributed by atoms with E-state index in [4.69, 9.17) is 0 Å². The zero-order valence-corrected chi connectivity index (χ0v) is 27.8. The van der Waals surface area contributed by atoms with Crippen molar-refractivity contribution in [3.05, 3.63) is 161 Å². The zero-order chi connectivity index (χ0) is 31.4. The van der Waals surface area contributed by atoms with Gasteiger partial charge in [-0.1, -0.05) is 127 Å². The molecule has 0 aromatic heterocycles. The first-order valence-electron chi connectivity index (χ1n) is 16.3. The van der Waals surface area contributed by atoms with Crippen LogP contribution in [0.2, 0.25) is 0 Å². The SMILES string of the molecule is CC1(C)c2cccc3ccc4cc(N(c5cccc(-c6cccc(Br)c6)c5)c5cc6ccc7cccc8ccc(c5)c6c78)cc1c4c23. The highest BCUT2D eigenvalue weighted by molar-refractivity contribution is 9.10. The summed E-state index contributed by atoms with van der Waals surface area (Å²) < 4.78 is 1.08. The molecule has 0 heterocycles. The fourth-order valence-corrected chi connectivity index (χ4v) is 8.72. The third-order valence-corrected chi connectivity index (χ3v) is 11.0. The van der Waals surface area contributed by atoms with E-state index in [1.807, 2.05) is 0 Å². The number of nitrogens with zero attached hydrogens (tertiary/aromatic N) is 1. The van der Waals surface area contributed by atoms with E-state index in [1.54, 1.807) is 0 Å². The van der Waals surface area contributed by atoms with Crippen LogP contribution < -0.4 is 4.90 Å². The number of rotatable bonds is 4. The maximum absolute atomic E-state index is 3.69. The summed E-state index contributed by atoms with van der Waals surface area (Å²) in [6.07, 6.45) is 0. The van der Waals surface area contributed by atoms with Crippen molar-refractivity contribution in [1.82, 2.24) is 0 Å². The Hall–Kier alpha value is -5.18. The van der Waals surface area contributed by atoms with E-state index < -0.39 is 0 Å². The summed E-state index contributed by atoms with van der Waals surface area (Å²) in [5.41, 5.74) is 8.54. The molecule has 0 aliphatic heterocycles. The average molecular weight is 665 g/mol. The molecule has 0 N–H and O–H groups in total. The Bertz CT molecular complexity index is 2670. The largest absolute Gasteiger partial charge is 0.310 e. The van der Waals surface area contributed by atoms with E-state index in [1.165, 1.54) is 81.8 Å². The molecule has 9 aromatic carbocycles. The van der Waals surface area contributed by atoms with Crippen molar-refractivity contribution < 1.29 is 0 Å². The zero-order valence-electron chi connectivity index (χ0n) is 26.2. The van der Waals surface area contributed by atoms with E-state index >= 15 is 0 Å². The maximum atomic E-state index is 3.69. The molecule has 0 spiro atoms. The van der Waals surface area contributed by atoms with Gasteiger partial charge in [0.05, 0.1) is 0 Å². The van der Waals surface area contributed by atoms with Crippen LogP contribution >= 0.6 is 15.9 Å². The highest BCUT2D eigenvalue weighted by Crippen LogP contribution is 2.51. The van der Waals surface area contributed by atoms with Gasteiger partial charge >= 0.3 is 0 Å². The van der Waals surface area contributed by atoms with Gasteiger partial charge in [0.25, 0.3) is 0 Å². The third-order valence-electron chi connectivity index (χ3n) is 10.5. The van der Waals surface area contributed by atoms with Crippen LogP contribution in [0.5, 0.6) is 0 Å². The second-order valence-electron chi connectivity index (χ2n) is 13.6. The number of hydrogen-bond acceptors (Lipinski definition) is 1. The Kier molecular flexibility index (Phi) is 5.55. The van der Waals surface area contributed by atoms with Gasteiger partial charge in [0.1, 0.15) is 0 Å². The van der Waals surface area contributed by atoms with Gasteiger partial charge in [-0.25, -0.2) is 0 Å². The van der Waals surface area contributed by atoms with Crippen LogP contribution in [0.3, 0.4) is 0 Å². The molecule has 0 atom stereocenters. The Labute approximate surface area is 282 Å². The highest BCUT2D eigenvalue weighted by Gasteiger charge is 2.35. The van der Waals surface area contributed by atoms with Crippen molar-refractivity contribution in [3.8, 4) is 11.1 Å². The van der Waals surface area contributed by atoms with E-state index in [9.17, 15) is 0 Å². The molecule has 1 aliphatic carbocycles. The summed E-state index contributed by atoms with van der Waals surface area (Å²) in [4.78, 5) is 2.47. The minimum absolute atomic E-state index is 0.102. The standard InChI is InChI=1S/C45H30BrN/c1-45(2)39-14-6-9-29-17-20-34-25-38(26-40(45)44(34)43(29)39)47(36-13-5-11-31(22-36)30-10-4-12-35(46)21-30)37-23-32-18-15-27-7-3-8-28-16-19-33(24-37)42(32)41(27)28/h3-26H,1-2H3. The third kappa shape index (κ3) is 3.89. The van der Waals surface area contributed by atoms with Crippen molar-refractivity contribution in [2.75, 3.05) is 4.90 Å². The maximum Gasteiger partial charge on any atom is 0.0473 e. The molecule has 0 saturated carbocycles. The second-order valence-corrected chi connectivity index (χ2v) is 14.5. The molecular weight excluding hydrogens is 634 g/mol. The van der Waals surface area contributed by atoms with E-state index in [2.05, 4.69) is 180 Å². The summed E-state index contributed by atoms with van der Waals surface area (Å²) >= 11 is 3.69. The molecule has 0 unspecified atom stereocenters. The Morgan fingerprint density at radius 1 is 0.404 bits per heavy atom. The highest BCUT2D eigenvalue weighted by atomic mass is 79.9. The molecule has 9 aromatic rings. The molecule has 0 bridgehead atoms. The van der Waals surface area contributed by atoms with Crippen LogP contribution in [0.15, 0.2) is 150 Å². The van der Waals surface area contributed by atoms with Gasteiger partial charge in [0.2, 0.25) is 0 Å². The molecule has 47 heavy (non-hydrogen) atoms. The molecule has 0 saturated heterocycles. The molecule has 2 heteroatoms. The smallest absolute Gasteiger partial charge is 0.0473 e. The van der Waals surface area contributed by atoms with Crippen LogP contribution in [0.25, 0.3) is 65.0 Å². The molecule has 0 fully saturated rings. The van der Waals surface area contributed by atoms with Crippen LogP contribution in [-0.2, 0) is 5.41 Å². The van der Waals surface area contributed by atoms with Gasteiger partial charge in [-0.05, 0) is 125 Å². The van der Waals surface area contributed by atoms with E-state index in [-0.39, 0.29) is 5.41 Å². The van der Waals surface area contributed by atoms with E-state index in [0.717, 1.165) is 15.8 Å². The Balaban J connectivity index is 1.26. The van der Waals surface area contributed by atoms with Crippen molar-refractivity contribution in [3.63, 3.8) is 0 Å². The van der Waals surface area contributed by atoms with Gasteiger partial charge in [0.15, 0.2) is 0 Å². The average Bonchev–Trinajstić information content (AvgIpc) is 3.33. The predicted molar refractivity (Wildman–Crippen MR) is 205 cm³/mol. The van der Waals surface area contributed by atoms with Gasteiger partial charge in [-0.15, -0.1) is 0 Å². The van der Waals surface area contributed by atoms with Crippen molar-refractivity contribution in [1.29, 1.82) is 0 Å². The number of hydrogen-bond donors (Lipinski definition) is 0. The fraction of sp³-hybridized carbons (Fsp3) is 0.0667. The first-order chi connectivity index (χ1) is 22.9. The van der Waals surface area contributed by atoms with E-state index in [0.29, 0.717) is 0 Å². The fourth-order valence-electron chi connectivity index (χ4n) is 8.32. The molecule has 10 rings (SSSR count). The quantitative estimate of drug-likeness (QED) is 0.169. The molecule has 1 nitrogen and oxygen atoms in total. The minimum Gasteiger partial charge on any atom is -0.310 e. The lowest BCUT2D eigenvalue weighted by molar-refractivity contribution is 0.663. The molecule has 0 radical (unpaired) electrons. The van der Waals surface area contributed by atoms with Crippen LogP contribution in [0.4, 0.5) is 17.1 Å². The lowest BCUT2D eigenvalue weighted by Gasteiger charge is -2.29. The van der Waals surface area contributed by atoms with Crippen LogP contribution in [0.1, 0.15) is 25.0 Å². The topological polar surface area (TPSA) is 3.24 Å². The summed E-state index contributed by atoms with van der Waals surface area (Å²) in [7, 11) is 0. The van der Waals surface area contributed by atoms with Gasteiger partial charge in [-0.2, -0.15) is 0 Å². The van der Waals surface area contributed by atoms with Gasteiger partial charge < -0.3 is 4.90 Å². The lowest BCUT2D eigenvalue weighted by atomic mass is 9.81. The van der Waals surface area contributed by atoms with Gasteiger partial charge in [0, 0.05) is 26.9 Å². The van der Waals surface area contributed by atoms with Gasteiger partial charge in [-0.3, -0.25) is 0 Å². The summed E-state index contributed by atoms with van der Waals surface area (Å²) in [6, 6.07) is 54.3. The first kappa shape index (κ1) is 27.0. The molecular formula is C45H30BrN. The monoisotopic (exact) mass is 663 g/mol.